The topological polar surface area (TPSA) is 158 Å². The van der Waals surface area contributed by atoms with E-state index in [-0.39, 0.29) is 60.5 Å². The van der Waals surface area contributed by atoms with Gasteiger partial charge in [0.15, 0.2) is 0 Å². The number of ether oxygens (including phenoxy) is 2. The second-order valence-electron chi connectivity index (χ2n) is 15.1. The molecule has 4 amide bonds. The van der Waals surface area contributed by atoms with Gasteiger partial charge in [-0.05, 0) is 57.6 Å². The molecule has 1 fully saturated rings. The number of hydrogen-bond donors (Lipinski definition) is 3. The van der Waals surface area contributed by atoms with Gasteiger partial charge in [0.25, 0.3) is 0 Å². The zero-order valence-electron chi connectivity index (χ0n) is 34.5. The van der Waals surface area contributed by atoms with Crippen LogP contribution in [0.3, 0.4) is 0 Å². The third-order valence-corrected chi connectivity index (χ3v) is 12.0. The van der Waals surface area contributed by atoms with Gasteiger partial charge in [-0.3, -0.25) is 34.3 Å². The van der Waals surface area contributed by atoms with Crippen LogP contribution in [-0.2, 0) is 35.1 Å². The number of nitrogens with zero attached hydrogens (tertiary/aromatic N) is 5. The number of benzene rings is 1. The van der Waals surface area contributed by atoms with E-state index in [1.165, 1.54) is 11.8 Å². The second kappa shape index (κ2) is 22.6. The Kier molecular flexibility index (Phi) is 19.0. The average molecular weight is 805 g/mol. The van der Waals surface area contributed by atoms with Crippen molar-refractivity contribution >= 4 is 52.1 Å². The third kappa shape index (κ3) is 12.9. The van der Waals surface area contributed by atoms with Crippen molar-refractivity contribution < 1.29 is 28.7 Å². The maximum Gasteiger partial charge on any atom is 0.249 e. The smallest absolute Gasteiger partial charge is 0.249 e. The Labute approximate surface area is 336 Å². The van der Waals surface area contributed by atoms with Crippen molar-refractivity contribution in [3.05, 3.63) is 35.9 Å². The summed E-state index contributed by atoms with van der Waals surface area (Å²) in [5, 5.41) is 9.80. The molecule has 1 aromatic carbocycles. The highest BCUT2D eigenvalue weighted by molar-refractivity contribution is 7.98. The Morgan fingerprint density at radius 1 is 1.02 bits per heavy atom. The number of likely N-dealkylation sites (N-methyl/N-ethyl adjacent to an activating group) is 2. The van der Waals surface area contributed by atoms with Crippen LogP contribution in [0, 0.1) is 17.8 Å². The van der Waals surface area contributed by atoms with Crippen LogP contribution in [0.15, 0.2) is 35.5 Å². The van der Waals surface area contributed by atoms with Crippen LogP contribution in [0.2, 0.25) is 0 Å². The molecule has 55 heavy (non-hydrogen) atoms. The van der Waals surface area contributed by atoms with Gasteiger partial charge in [-0.2, -0.15) is 9.36 Å². The number of aromatic nitrogens is 2. The summed E-state index contributed by atoms with van der Waals surface area (Å²) < 4.78 is 16.2. The predicted octanol–water partition coefficient (Wildman–Crippen LogP) is 3.98. The number of carbonyl (C=O) groups excluding carboxylic acids is 4. The van der Waals surface area contributed by atoms with E-state index in [0.717, 1.165) is 29.9 Å². The highest BCUT2D eigenvalue weighted by Crippen LogP contribution is 2.29. The van der Waals surface area contributed by atoms with E-state index in [0.29, 0.717) is 29.9 Å². The lowest BCUT2D eigenvalue weighted by Crippen LogP contribution is -2.55. The van der Waals surface area contributed by atoms with Crippen LogP contribution in [-0.4, -0.2) is 139 Å². The molecule has 1 aliphatic heterocycles. The fourth-order valence-electron chi connectivity index (χ4n) is 7.69. The lowest BCUT2D eigenvalue weighted by Gasteiger charge is -2.39. The highest BCUT2D eigenvalue weighted by atomic mass is 32.2. The Hall–Kier alpha value is -3.15. The van der Waals surface area contributed by atoms with Gasteiger partial charge in [-0.15, -0.1) is 0 Å². The molecular weight excluding hydrogens is 741 g/mol. The van der Waals surface area contributed by atoms with Gasteiger partial charge in [-0.1, -0.05) is 83.1 Å². The molecule has 16 heteroatoms. The first-order valence-corrected chi connectivity index (χ1v) is 21.2. The quantitative estimate of drug-likeness (QED) is 0.117. The van der Waals surface area contributed by atoms with Crippen LogP contribution < -0.4 is 16.0 Å². The Bertz CT molecular complexity index is 1510. The molecule has 0 saturated carbocycles. The monoisotopic (exact) mass is 804 g/mol. The molecule has 8 atom stereocenters. The number of amides is 4. The van der Waals surface area contributed by atoms with Gasteiger partial charge >= 0.3 is 0 Å². The molecule has 1 aromatic heterocycles. The molecule has 3 rings (SSSR count). The highest BCUT2D eigenvalue weighted by Gasteiger charge is 2.42. The van der Waals surface area contributed by atoms with E-state index in [4.69, 9.17) is 9.47 Å². The minimum Gasteiger partial charge on any atom is -0.379 e. The van der Waals surface area contributed by atoms with Crippen LogP contribution in [0.5, 0.6) is 0 Å². The molecule has 308 valence electrons. The van der Waals surface area contributed by atoms with E-state index in [1.54, 1.807) is 21.1 Å². The van der Waals surface area contributed by atoms with Crippen LogP contribution in [0.25, 0.3) is 0 Å². The van der Waals surface area contributed by atoms with Gasteiger partial charge < -0.3 is 25.0 Å². The van der Waals surface area contributed by atoms with E-state index < -0.39 is 30.1 Å². The molecule has 2 aromatic rings. The van der Waals surface area contributed by atoms with Crippen LogP contribution in [0.1, 0.15) is 65.9 Å². The first kappa shape index (κ1) is 46.2. The summed E-state index contributed by atoms with van der Waals surface area (Å²) in [7, 11) is 8.94. The Balaban J connectivity index is 1.74. The number of anilines is 1. The lowest BCUT2D eigenvalue weighted by atomic mass is 9.90. The van der Waals surface area contributed by atoms with Gasteiger partial charge in [0.2, 0.25) is 33.9 Å². The second-order valence-corrected chi connectivity index (χ2v) is 16.6. The number of rotatable bonds is 22. The first-order chi connectivity index (χ1) is 26.2. The van der Waals surface area contributed by atoms with Crippen molar-refractivity contribution in [2.75, 3.05) is 60.1 Å². The van der Waals surface area contributed by atoms with Gasteiger partial charge in [-0.25, -0.2) is 0 Å². The van der Waals surface area contributed by atoms with E-state index >= 15 is 0 Å². The summed E-state index contributed by atoms with van der Waals surface area (Å²) in [5.74, 6) is -1.25. The third-order valence-electron chi connectivity index (χ3n) is 10.7. The summed E-state index contributed by atoms with van der Waals surface area (Å²) in [5.41, 5.74) is 0.887. The Morgan fingerprint density at radius 3 is 2.27 bits per heavy atom. The molecule has 8 unspecified atom stereocenters. The average Bonchev–Trinajstić information content (AvgIpc) is 3.83. The fraction of sp³-hybridized carbons (Fsp3) is 0.692. The molecule has 0 aliphatic carbocycles. The van der Waals surface area contributed by atoms with Crippen molar-refractivity contribution in [2.24, 2.45) is 17.8 Å². The zero-order valence-corrected chi connectivity index (χ0v) is 36.2. The van der Waals surface area contributed by atoms with Crippen molar-refractivity contribution in [1.29, 1.82) is 0 Å². The summed E-state index contributed by atoms with van der Waals surface area (Å²) in [6.45, 7) is 10.9. The molecule has 2 heterocycles. The summed E-state index contributed by atoms with van der Waals surface area (Å²) >= 11 is 2.46. The van der Waals surface area contributed by atoms with Crippen LogP contribution in [0.4, 0.5) is 5.13 Å². The zero-order chi connectivity index (χ0) is 40.8. The molecule has 1 aliphatic rings. The minimum absolute atomic E-state index is 0.0444. The van der Waals surface area contributed by atoms with Crippen molar-refractivity contribution in [2.45, 2.75) is 108 Å². The van der Waals surface area contributed by atoms with Gasteiger partial charge in [0.05, 0.1) is 43.3 Å². The van der Waals surface area contributed by atoms with Crippen molar-refractivity contribution in [3.8, 4) is 0 Å². The van der Waals surface area contributed by atoms with Gasteiger partial charge in [0, 0.05) is 44.8 Å². The Morgan fingerprint density at radius 2 is 1.71 bits per heavy atom. The van der Waals surface area contributed by atoms with E-state index in [1.807, 2.05) is 81.4 Å². The number of thioether (sulfide) groups is 1. The number of nitrogens with one attached hydrogen (secondary N) is 3. The molecule has 0 radical (unpaired) electrons. The minimum atomic E-state index is -0.890. The van der Waals surface area contributed by atoms with Crippen LogP contribution >= 0.6 is 23.3 Å². The number of methoxy groups -OCH3 is 2. The molecule has 1 saturated heterocycles. The maximum atomic E-state index is 14.2. The molecule has 0 bridgehead atoms. The normalized spacial score (nSPS) is 18.4. The SMILES string of the molecule is CCC(C)C(C(CC(=O)N1CCCC1C(OC)C(C)C(=O)NC(Cc1ccccc1)C(=O)Nc1nc(SC)ns1)OC)N(C)CNC(=O)C(C(C)C)N(C)C. The summed E-state index contributed by atoms with van der Waals surface area (Å²) in [4.78, 5) is 65.0. The van der Waals surface area contributed by atoms with Crippen molar-refractivity contribution in [1.82, 2.24) is 34.7 Å². The molecule has 0 spiro atoms. The van der Waals surface area contributed by atoms with E-state index in [9.17, 15) is 19.2 Å². The number of carbonyl (C=O) groups is 4. The lowest BCUT2D eigenvalue weighted by molar-refractivity contribution is -0.143. The maximum absolute atomic E-state index is 14.2. The predicted molar refractivity (Wildman–Crippen MR) is 219 cm³/mol. The molecule has 14 nitrogen and oxygen atoms in total. The molecular formula is C39H64N8O6S2. The standard InChI is InChI=1S/C39H64N8O6S2/c1-12-25(4)33(46(8)23-40-37(51)32(24(2)3)45(6)7)30(52-9)22-31(48)47-20-16-19-29(47)34(53-10)26(5)35(49)41-28(21-27-17-14-13-15-18-27)36(50)42-38-43-39(54-11)44-55-38/h13-15,17-18,24-26,28-30,32-34H,12,16,19-23H2,1-11H3,(H,40,51)(H,41,49)(H,42,43,44,50). The number of hydrogen-bond acceptors (Lipinski definition) is 12. The largest absolute Gasteiger partial charge is 0.379 e. The molecule has 3 N–H and O–H groups in total. The summed E-state index contributed by atoms with van der Waals surface area (Å²) in [6.07, 6.45) is 3.50. The summed E-state index contributed by atoms with van der Waals surface area (Å²) in [6, 6.07) is 7.84. The number of likely N-dealkylation sites (tertiary alicyclic amines) is 1. The first-order valence-electron chi connectivity index (χ1n) is 19.2. The van der Waals surface area contributed by atoms with E-state index in [2.05, 4.69) is 44.1 Å². The van der Waals surface area contributed by atoms with Gasteiger partial charge in [0.1, 0.15) is 6.04 Å². The van der Waals surface area contributed by atoms with Crippen molar-refractivity contribution in [3.63, 3.8) is 0 Å². The fourth-order valence-corrected chi connectivity index (χ4v) is 8.82.